The molecule has 1 amide bonds. The minimum atomic E-state index is -0.304. The SMILES string of the molecule is CCCCN(C(=O)CCCCl)C(CC)c1nc2ccccc2c(=O)n1-c1cccc(C)c1. The number of halogens is 1. The Hall–Kier alpha value is -2.66. The maximum Gasteiger partial charge on any atom is 0.266 e. The van der Waals surface area contributed by atoms with Gasteiger partial charge >= 0.3 is 0 Å². The van der Waals surface area contributed by atoms with E-state index in [2.05, 4.69) is 6.92 Å². The standard InChI is InChI=1S/C26H32ClN3O2/c1-4-6-17-29(24(31)15-10-16-27)23(5-2)25-28-22-14-8-7-13-21(22)26(32)30(25)20-12-9-11-19(3)18-20/h7-9,11-14,18,23H,4-6,10,15-17H2,1-3H3. The molecule has 0 fully saturated rings. The van der Waals surface area contributed by atoms with Crippen LogP contribution in [0.25, 0.3) is 16.6 Å². The van der Waals surface area contributed by atoms with Crippen molar-refractivity contribution in [1.29, 1.82) is 0 Å². The number of aromatic nitrogens is 2. The van der Waals surface area contributed by atoms with Crippen LogP contribution in [-0.2, 0) is 4.79 Å². The molecule has 0 aliphatic rings. The van der Waals surface area contributed by atoms with Gasteiger partial charge in [0.2, 0.25) is 5.91 Å². The summed E-state index contributed by atoms with van der Waals surface area (Å²) in [7, 11) is 0. The van der Waals surface area contributed by atoms with Crippen LogP contribution in [0, 0.1) is 6.92 Å². The van der Waals surface area contributed by atoms with Crippen molar-refractivity contribution in [3.05, 3.63) is 70.3 Å². The normalized spacial score (nSPS) is 12.1. The summed E-state index contributed by atoms with van der Waals surface area (Å²) in [5.74, 6) is 1.12. The van der Waals surface area contributed by atoms with Crippen molar-refractivity contribution in [2.75, 3.05) is 12.4 Å². The topological polar surface area (TPSA) is 55.2 Å². The summed E-state index contributed by atoms with van der Waals surface area (Å²) < 4.78 is 1.69. The number of para-hydroxylation sites is 1. The van der Waals surface area contributed by atoms with E-state index in [1.165, 1.54) is 0 Å². The molecule has 1 aromatic heterocycles. The second-order valence-electron chi connectivity index (χ2n) is 8.12. The van der Waals surface area contributed by atoms with Crippen LogP contribution in [-0.4, -0.2) is 32.8 Å². The molecule has 0 aliphatic heterocycles. The van der Waals surface area contributed by atoms with E-state index in [1.807, 2.05) is 67.3 Å². The lowest BCUT2D eigenvalue weighted by Gasteiger charge is -2.32. The summed E-state index contributed by atoms with van der Waals surface area (Å²) >= 11 is 5.86. The Labute approximate surface area is 195 Å². The molecule has 3 aromatic rings. The molecule has 0 aliphatic carbocycles. The van der Waals surface area contributed by atoms with Gasteiger partial charge in [0.05, 0.1) is 22.6 Å². The molecular weight excluding hydrogens is 422 g/mol. The van der Waals surface area contributed by atoms with Crippen LogP contribution >= 0.6 is 11.6 Å². The highest BCUT2D eigenvalue weighted by Gasteiger charge is 2.28. The highest BCUT2D eigenvalue weighted by Crippen LogP contribution is 2.27. The van der Waals surface area contributed by atoms with Gasteiger partial charge in [-0.05, 0) is 56.0 Å². The van der Waals surface area contributed by atoms with Gasteiger partial charge < -0.3 is 4.90 Å². The maximum atomic E-state index is 13.7. The smallest absolute Gasteiger partial charge is 0.266 e. The van der Waals surface area contributed by atoms with E-state index in [0.29, 0.717) is 48.4 Å². The Morgan fingerprint density at radius 3 is 2.59 bits per heavy atom. The number of carbonyl (C=O) groups excluding carboxylic acids is 1. The first-order valence-corrected chi connectivity index (χ1v) is 12.0. The quantitative estimate of drug-likeness (QED) is 0.365. The van der Waals surface area contributed by atoms with Crippen LogP contribution in [0.1, 0.15) is 63.4 Å². The number of carbonyl (C=O) groups is 1. The van der Waals surface area contributed by atoms with Crippen LogP contribution in [0.5, 0.6) is 0 Å². The summed E-state index contributed by atoms with van der Waals surface area (Å²) in [5, 5.41) is 0.571. The number of hydrogen-bond acceptors (Lipinski definition) is 3. The number of amides is 1. The molecule has 5 nitrogen and oxygen atoms in total. The van der Waals surface area contributed by atoms with Crippen molar-refractivity contribution in [3.8, 4) is 5.69 Å². The minimum absolute atomic E-state index is 0.0594. The van der Waals surface area contributed by atoms with E-state index in [9.17, 15) is 9.59 Å². The highest BCUT2D eigenvalue weighted by atomic mass is 35.5. The molecule has 32 heavy (non-hydrogen) atoms. The van der Waals surface area contributed by atoms with Gasteiger partial charge in [-0.15, -0.1) is 11.6 Å². The van der Waals surface area contributed by atoms with Gasteiger partial charge in [0.25, 0.3) is 5.56 Å². The summed E-state index contributed by atoms with van der Waals surface area (Å²) in [5.41, 5.74) is 2.37. The van der Waals surface area contributed by atoms with E-state index in [4.69, 9.17) is 16.6 Å². The van der Waals surface area contributed by atoms with Gasteiger partial charge in [-0.2, -0.15) is 0 Å². The molecule has 1 heterocycles. The lowest BCUT2D eigenvalue weighted by atomic mass is 10.1. The van der Waals surface area contributed by atoms with Crippen LogP contribution < -0.4 is 5.56 Å². The van der Waals surface area contributed by atoms with Crippen molar-refractivity contribution >= 4 is 28.4 Å². The molecule has 6 heteroatoms. The second kappa shape index (κ2) is 11.3. The van der Waals surface area contributed by atoms with Crippen LogP contribution in [0.4, 0.5) is 0 Å². The summed E-state index contributed by atoms with van der Waals surface area (Å²) in [6.07, 6.45) is 3.56. The molecule has 0 saturated carbocycles. The summed E-state index contributed by atoms with van der Waals surface area (Å²) in [6, 6.07) is 15.0. The fourth-order valence-corrected chi connectivity index (χ4v) is 4.21. The molecule has 170 valence electrons. The molecule has 0 N–H and O–H groups in total. The molecule has 0 spiro atoms. The molecule has 3 rings (SSSR count). The number of hydrogen-bond donors (Lipinski definition) is 0. The van der Waals surface area contributed by atoms with E-state index in [0.717, 1.165) is 24.1 Å². The Bertz CT molecular complexity index is 1130. The third-order valence-electron chi connectivity index (χ3n) is 5.72. The lowest BCUT2D eigenvalue weighted by Crippen LogP contribution is -2.39. The Morgan fingerprint density at radius 2 is 1.91 bits per heavy atom. The first-order valence-electron chi connectivity index (χ1n) is 11.5. The first kappa shape index (κ1) is 24.0. The van der Waals surface area contributed by atoms with Gasteiger partial charge in [-0.1, -0.05) is 44.5 Å². The minimum Gasteiger partial charge on any atom is -0.333 e. The number of rotatable bonds is 10. The zero-order valence-electron chi connectivity index (χ0n) is 19.2. The fourth-order valence-electron chi connectivity index (χ4n) is 4.08. The predicted octanol–water partition coefficient (Wildman–Crippen LogP) is 5.79. The van der Waals surface area contributed by atoms with Gasteiger partial charge in [0.15, 0.2) is 0 Å². The molecule has 2 aromatic carbocycles. The number of nitrogens with zero attached hydrogens (tertiary/aromatic N) is 3. The molecule has 0 saturated heterocycles. The summed E-state index contributed by atoms with van der Waals surface area (Å²) in [6.45, 7) is 6.79. The van der Waals surface area contributed by atoms with E-state index in [-0.39, 0.29) is 17.5 Å². The van der Waals surface area contributed by atoms with Gasteiger partial charge in [-0.3, -0.25) is 14.2 Å². The zero-order chi connectivity index (χ0) is 23.1. The van der Waals surface area contributed by atoms with Crippen LogP contribution in [0.2, 0.25) is 0 Å². The third-order valence-corrected chi connectivity index (χ3v) is 5.99. The van der Waals surface area contributed by atoms with Crippen molar-refractivity contribution in [2.45, 2.75) is 58.9 Å². The van der Waals surface area contributed by atoms with Crippen molar-refractivity contribution in [2.24, 2.45) is 0 Å². The van der Waals surface area contributed by atoms with Gasteiger partial charge in [0, 0.05) is 18.8 Å². The Kier molecular flexibility index (Phi) is 8.46. The van der Waals surface area contributed by atoms with E-state index < -0.39 is 0 Å². The van der Waals surface area contributed by atoms with Gasteiger partial charge in [-0.25, -0.2) is 4.98 Å². The third kappa shape index (κ3) is 5.21. The van der Waals surface area contributed by atoms with Crippen molar-refractivity contribution < 1.29 is 4.79 Å². The Morgan fingerprint density at radius 1 is 1.12 bits per heavy atom. The van der Waals surface area contributed by atoms with Crippen LogP contribution in [0.3, 0.4) is 0 Å². The van der Waals surface area contributed by atoms with Crippen molar-refractivity contribution in [3.63, 3.8) is 0 Å². The number of aryl methyl sites for hydroxylation is 1. The largest absolute Gasteiger partial charge is 0.333 e. The average Bonchev–Trinajstić information content (AvgIpc) is 2.80. The fraction of sp³-hybridized carbons (Fsp3) is 0.423. The molecule has 0 bridgehead atoms. The first-order chi connectivity index (χ1) is 15.5. The highest BCUT2D eigenvalue weighted by molar-refractivity contribution is 6.17. The van der Waals surface area contributed by atoms with Gasteiger partial charge in [0.1, 0.15) is 5.82 Å². The second-order valence-corrected chi connectivity index (χ2v) is 8.50. The van der Waals surface area contributed by atoms with E-state index in [1.54, 1.807) is 4.57 Å². The molecule has 0 radical (unpaired) electrons. The van der Waals surface area contributed by atoms with E-state index >= 15 is 0 Å². The monoisotopic (exact) mass is 453 g/mol. The lowest BCUT2D eigenvalue weighted by molar-refractivity contribution is -0.134. The number of benzene rings is 2. The number of unbranched alkanes of at least 4 members (excludes halogenated alkanes) is 1. The Balaban J connectivity index is 2.24. The average molecular weight is 454 g/mol. The van der Waals surface area contributed by atoms with Crippen molar-refractivity contribution in [1.82, 2.24) is 14.5 Å². The molecular formula is C26H32ClN3O2. The summed E-state index contributed by atoms with van der Waals surface area (Å²) in [4.78, 5) is 33.7. The van der Waals surface area contributed by atoms with Crippen LogP contribution in [0.15, 0.2) is 53.3 Å². The number of fused-ring (bicyclic) bond motifs is 1. The zero-order valence-corrected chi connectivity index (χ0v) is 19.9. The number of alkyl halides is 1. The maximum absolute atomic E-state index is 13.7. The predicted molar refractivity (Wildman–Crippen MR) is 132 cm³/mol. The molecule has 1 unspecified atom stereocenters. The molecule has 1 atom stereocenters.